The normalized spacial score (nSPS) is 16.4. The molecule has 2 heterocycles. The molecule has 8 heteroatoms. The quantitative estimate of drug-likeness (QED) is 0.785. The SMILES string of the molecule is COC(=O)c1nc(C(C)S(C)(=O)=O)nc2c1CCNC2. The first kappa shape index (κ1) is 14.9. The number of methoxy groups -OCH3 is 1. The molecule has 0 bridgehead atoms. The highest BCUT2D eigenvalue weighted by molar-refractivity contribution is 7.90. The largest absolute Gasteiger partial charge is 0.464 e. The number of aromatic nitrogens is 2. The maximum atomic E-state index is 11.8. The monoisotopic (exact) mass is 299 g/mol. The number of nitrogens with zero attached hydrogens (tertiary/aromatic N) is 2. The molecule has 1 aromatic rings. The van der Waals surface area contributed by atoms with Crippen LogP contribution in [0, 0.1) is 0 Å². The fourth-order valence-electron chi connectivity index (χ4n) is 2.02. The van der Waals surface area contributed by atoms with Gasteiger partial charge in [0.25, 0.3) is 0 Å². The number of fused-ring (bicyclic) bond motifs is 1. The van der Waals surface area contributed by atoms with Crippen LogP contribution in [0.1, 0.15) is 39.7 Å². The smallest absolute Gasteiger partial charge is 0.357 e. The molecule has 1 N–H and O–H groups in total. The topological polar surface area (TPSA) is 98.2 Å². The first-order valence-electron chi connectivity index (χ1n) is 6.22. The third-order valence-electron chi connectivity index (χ3n) is 3.34. The molecule has 0 saturated heterocycles. The number of nitrogens with one attached hydrogen (secondary N) is 1. The summed E-state index contributed by atoms with van der Waals surface area (Å²) < 4.78 is 28.0. The molecule has 1 unspecified atom stereocenters. The zero-order valence-electron chi connectivity index (χ0n) is 11.6. The Bertz CT molecular complexity index is 642. The van der Waals surface area contributed by atoms with Crippen molar-refractivity contribution < 1.29 is 17.9 Å². The van der Waals surface area contributed by atoms with E-state index in [0.29, 0.717) is 18.7 Å². The second-order valence-electron chi connectivity index (χ2n) is 4.75. The Morgan fingerprint density at radius 1 is 1.40 bits per heavy atom. The van der Waals surface area contributed by atoms with Gasteiger partial charge in [0, 0.05) is 18.4 Å². The fourth-order valence-corrected chi connectivity index (χ4v) is 2.51. The highest BCUT2D eigenvalue weighted by Crippen LogP contribution is 2.22. The van der Waals surface area contributed by atoms with Crippen LogP contribution in [0.5, 0.6) is 0 Å². The average molecular weight is 299 g/mol. The molecule has 1 aliphatic heterocycles. The molecule has 0 amide bonds. The Hall–Kier alpha value is -1.54. The van der Waals surface area contributed by atoms with Crippen LogP contribution >= 0.6 is 0 Å². The number of carbonyl (C=O) groups excluding carboxylic acids is 1. The Labute approximate surface area is 117 Å². The van der Waals surface area contributed by atoms with Gasteiger partial charge < -0.3 is 10.1 Å². The number of carbonyl (C=O) groups is 1. The Kier molecular flexibility index (Phi) is 4.05. The van der Waals surface area contributed by atoms with Crippen LogP contribution in [0.4, 0.5) is 0 Å². The first-order chi connectivity index (χ1) is 9.34. The van der Waals surface area contributed by atoms with Crippen molar-refractivity contribution in [2.75, 3.05) is 19.9 Å². The van der Waals surface area contributed by atoms with E-state index in [2.05, 4.69) is 15.3 Å². The van der Waals surface area contributed by atoms with Crippen LogP contribution < -0.4 is 5.32 Å². The van der Waals surface area contributed by atoms with E-state index in [4.69, 9.17) is 4.74 Å². The molecule has 0 spiro atoms. The van der Waals surface area contributed by atoms with Gasteiger partial charge in [-0.2, -0.15) is 0 Å². The summed E-state index contributed by atoms with van der Waals surface area (Å²) in [6, 6.07) is 0. The van der Waals surface area contributed by atoms with Gasteiger partial charge in [-0.05, 0) is 19.9 Å². The second-order valence-corrected chi connectivity index (χ2v) is 7.11. The van der Waals surface area contributed by atoms with Crippen molar-refractivity contribution in [1.29, 1.82) is 0 Å². The minimum Gasteiger partial charge on any atom is -0.464 e. The molecule has 2 rings (SSSR count). The fraction of sp³-hybridized carbons (Fsp3) is 0.583. The number of esters is 1. The van der Waals surface area contributed by atoms with Gasteiger partial charge >= 0.3 is 5.97 Å². The minimum atomic E-state index is -3.33. The summed E-state index contributed by atoms with van der Waals surface area (Å²) >= 11 is 0. The summed E-state index contributed by atoms with van der Waals surface area (Å²) in [5.74, 6) is -0.428. The number of ether oxygens (including phenoxy) is 1. The number of hydrogen-bond donors (Lipinski definition) is 1. The van der Waals surface area contributed by atoms with Crippen LogP contribution in [0.15, 0.2) is 0 Å². The third-order valence-corrected chi connectivity index (χ3v) is 4.83. The molecule has 1 aromatic heterocycles. The molecule has 7 nitrogen and oxygen atoms in total. The summed E-state index contributed by atoms with van der Waals surface area (Å²) in [6.45, 7) is 2.72. The second kappa shape index (κ2) is 5.45. The summed E-state index contributed by atoms with van der Waals surface area (Å²) in [5, 5.41) is 2.28. The number of hydrogen-bond acceptors (Lipinski definition) is 7. The van der Waals surface area contributed by atoms with Crippen molar-refractivity contribution in [1.82, 2.24) is 15.3 Å². The van der Waals surface area contributed by atoms with Crippen LogP contribution in [0.2, 0.25) is 0 Å². The van der Waals surface area contributed by atoms with E-state index < -0.39 is 21.1 Å². The number of sulfone groups is 1. The maximum Gasteiger partial charge on any atom is 0.357 e. The molecule has 0 aromatic carbocycles. The van der Waals surface area contributed by atoms with Crippen molar-refractivity contribution in [3.05, 3.63) is 22.8 Å². The third kappa shape index (κ3) is 2.80. The molecule has 1 aliphatic rings. The molecule has 110 valence electrons. The van der Waals surface area contributed by atoms with E-state index in [0.717, 1.165) is 18.4 Å². The van der Waals surface area contributed by atoms with E-state index >= 15 is 0 Å². The standard InChI is InChI=1S/C12H17N3O4S/c1-7(20(3,17)18)11-14-9-6-13-5-4-8(9)10(15-11)12(16)19-2/h7,13H,4-6H2,1-3H3. The lowest BCUT2D eigenvalue weighted by Crippen LogP contribution is -2.29. The first-order valence-corrected chi connectivity index (χ1v) is 8.17. The van der Waals surface area contributed by atoms with Crippen molar-refractivity contribution in [3.63, 3.8) is 0 Å². The molecular weight excluding hydrogens is 282 g/mol. The molecule has 0 saturated carbocycles. The zero-order valence-corrected chi connectivity index (χ0v) is 12.5. The number of rotatable bonds is 3. The van der Waals surface area contributed by atoms with Gasteiger partial charge in [0.05, 0.1) is 12.8 Å². The van der Waals surface area contributed by atoms with E-state index in [1.807, 2.05) is 0 Å². The van der Waals surface area contributed by atoms with Gasteiger partial charge in [-0.3, -0.25) is 0 Å². The van der Waals surface area contributed by atoms with Gasteiger partial charge in [0.1, 0.15) is 11.1 Å². The van der Waals surface area contributed by atoms with E-state index in [9.17, 15) is 13.2 Å². The molecule has 0 fully saturated rings. The van der Waals surface area contributed by atoms with E-state index in [-0.39, 0.29) is 11.5 Å². The van der Waals surface area contributed by atoms with Crippen molar-refractivity contribution in [2.45, 2.75) is 25.1 Å². The molecular formula is C12H17N3O4S. The summed E-state index contributed by atoms with van der Waals surface area (Å²) in [7, 11) is -2.05. The van der Waals surface area contributed by atoms with E-state index in [1.54, 1.807) is 0 Å². The lowest BCUT2D eigenvalue weighted by molar-refractivity contribution is 0.0591. The van der Waals surface area contributed by atoms with Crippen LogP contribution in [0.3, 0.4) is 0 Å². The minimum absolute atomic E-state index is 0.135. The predicted octanol–water partition coefficient (Wildman–Crippen LogP) is 0.0145. The van der Waals surface area contributed by atoms with Crippen LogP contribution in [-0.2, 0) is 27.5 Å². The lowest BCUT2D eigenvalue weighted by Gasteiger charge is -2.20. The van der Waals surface area contributed by atoms with E-state index in [1.165, 1.54) is 14.0 Å². The molecule has 1 atom stereocenters. The van der Waals surface area contributed by atoms with Crippen molar-refractivity contribution >= 4 is 15.8 Å². The summed E-state index contributed by atoms with van der Waals surface area (Å²) in [6.07, 6.45) is 1.74. The van der Waals surface area contributed by atoms with Gasteiger partial charge in [-0.1, -0.05) is 0 Å². The van der Waals surface area contributed by atoms with Crippen molar-refractivity contribution in [2.24, 2.45) is 0 Å². The highest BCUT2D eigenvalue weighted by Gasteiger charge is 2.27. The average Bonchev–Trinajstić information content (AvgIpc) is 2.43. The molecule has 0 radical (unpaired) electrons. The summed E-state index contributed by atoms with van der Waals surface area (Å²) in [4.78, 5) is 20.3. The molecule has 20 heavy (non-hydrogen) atoms. The van der Waals surface area contributed by atoms with Gasteiger partial charge in [-0.25, -0.2) is 23.2 Å². The Morgan fingerprint density at radius 3 is 2.70 bits per heavy atom. The summed E-state index contributed by atoms with van der Waals surface area (Å²) in [5.41, 5.74) is 1.57. The van der Waals surface area contributed by atoms with Crippen LogP contribution in [0.25, 0.3) is 0 Å². The Morgan fingerprint density at radius 2 is 2.10 bits per heavy atom. The predicted molar refractivity (Wildman–Crippen MR) is 72.0 cm³/mol. The van der Waals surface area contributed by atoms with Gasteiger partial charge in [0.2, 0.25) is 0 Å². The van der Waals surface area contributed by atoms with Crippen LogP contribution in [-0.4, -0.2) is 44.3 Å². The van der Waals surface area contributed by atoms with Crippen molar-refractivity contribution in [3.8, 4) is 0 Å². The Balaban J connectivity index is 2.59. The zero-order chi connectivity index (χ0) is 14.9. The highest BCUT2D eigenvalue weighted by atomic mass is 32.2. The van der Waals surface area contributed by atoms with Gasteiger partial charge in [-0.15, -0.1) is 0 Å². The molecule has 0 aliphatic carbocycles. The lowest BCUT2D eigenvalue weighted by atomic mass is 10.0. The van der Waals surface area contributed by atoms with Gasteiger partial charge in [0.15, 0.2) is 15.5 Å². The maximum absolute atomic E-state index is 11.8.